The van der Waals surface area contributed by atoms with Crippen LogP contribution in [0.5, 0.6) is 0 Å². The van der Waals surface area contributed by atoms with E-state index in [0.717, 1.165) is 47.5 Å². The van der Waals surface area contributed by atoms with Crippen LogP contribution in [0.15, 0.2) is 36.5 Å². The second-order valence-electron chi connectivity index (χ2n) is 6.84. The molecule has 0 N–H and O–H groups in total. The summed E-state index contributed by atoms with van der Waals surface area (Å²) in [5.74, 6) is -0.246. The fourth-order valence-electron chi connectivity index (χ4n) is 3.87. The van der Waals surface area contributed by atoms with Crippen LogP contribution in [-0.2, 0) is 29.0 Å². The van der Waals surface area contributed by atoms with Gasteiger partial charge in [-0.25, -0.2) is 0 Å². The van der Waals surface area contributed by atoms with Crippen LogP contribution in [0.3, 0.4) is 0 Å². The number of fused-ring (bicyclic) bond motifs is 2. The molecule has 1 aromatic carbocycles. The van der Waals surface area contributed by atoms with E-state index in [1.54, 1.807) is 0 Å². The van der Waals surface area contributed by atoms with Crippen molar-refractivity contribution in [2.45, 2.75) is 33.4 Å². The lowest BCUT2D eigenvalue weighted by Gasteiger charge is -2.31. The van der Waals surface area contributed by atoms with Gasteiger partial charge in [0.2, 0.25) is 0 Å². The smallest absolute Gasteiger partial charge is 0.325 e. The van der Waals surface area contributed by atoms with E-state index in [0.29, 0.717) is 0 Å². The molecule has 2 aromatic heterocycles. The quantitative estimate of drug-likeness (QED) is 0.643. The number of aromatic nitrogens is 2. The van der Waals surface area contributed by atoms with Crippen LogP contribution < -0.4 is 4.90 Å². The largest absolute Gasteiger partial charge is 0.468 e. The van der Waals surface area contributed by atoms with Crippen LogP contribution in [0.4, 0.5) is 5.69 Å². The number of methoxy groups -OCH3 is 1. The predicted molar refractivity (Wildman–Crippen MR) is 110 cm³/mol. The Morgan fingerprint density at radius 3 is 2.67 bits per heavy atom. The van der Waals surface area contributed by atoms with Gasteiger partial charge in [0, 0.05) is 25.0 Å². The molecule has 0 fully saturated rings. The van der Waals surface area contributed by atoms with Crippen molar-refractivity contribution in [1.82, 2.24) is 9.55 Å². The number of aryl methyl sites for hydroxylation is 1. The minimum Gasteiger partial charge on any atom is -0.468 e. The first-order valence-corrected chi connectivity index (χ1v) is 8.93. The fraction of sp³-hybridized carbons (Fsp3) is 0.333. The molecule has 0 saturated carbocycles. The van der Waals surface area contributed by atoms with Gasteiger partial charge in [-0.1, -0.05) is 24.3 Å². The lowest BCUT2D eigenvalue weighted by atomic mass is 9.99. The first-order valence-electron chi connectivity index (χ1n) is 8.93. The molecular formula is C21H24ClN3O2. The van der Waals surface area contributed by atoms with Crippen LogP contribution in [0, 0.1) is 13.8 Å². The van der Waals surface area contributed by atoms with Crippen LogP contribution in [0.25, 0.3) is 11.0 Å². The number of anilines is 1. The minimum atomic E-state index is -0.246. The third kappa shape index (κ3) is 3.28. The molecule has 0 atom stereocenters. The van der Waals surface area contributed by atoms with Crippen molar-refractivity contribution in [3.8, 4) is 0 Å². The fourth-order valence-corrected chi connectivity index (χ4v) is 3.87. The number of pyridine rings is 1. The lowest BCUT2D eigenvalue weighted by Crippen LogP contribution is -2.30. The Kier molecular flexibility index (Phi) is 5.42. The van der Waals surface area contributed by atoms with E-state index in [1.165, 1.54) is 18.2 Å². The summed E-state index contributed by atoms with van der Waals surface area (Å²) >= 11 is 0. The van der Waals surface area contributed by atoms with Crippen LogP contribution in [0.2, 0.25) is 0 Å². The van der Waals surface area contributed by atoms with Gasteiger partial charge in [0.15, 0.2) is 0 Å². The molecule has 1 aliphatic rings. The van der Waals surface area contributed by atoms with Gasteiger partial charge in [-0.3, -0.25) is 9.78 Å². The van der Waals surface area contributed by atoms with Gasteiger partial charge in [-0.15, -0.1) is 12.4 Å². The molecule has 0 radical (unpaired) electrons. The number of halogens is 1. The maximum atomic E-state index is 12.0. The molecule has 0 amide bonds. The number of ether oxygens (including phenoxy) is 1. The molecule has 3 aromatic rings. The summed E-state index contributed by atoms with van der Waals surface area (Å²) in [4.78, 5) is 18.9. The van der Waals surface area contributed by atoms with Crippen LogP contribution >= 0.6 is 12.4 Å². The molecule has 4 rings (SSSR count). The lowest BCUT2D eigenvalue weighted by molar-refractivity contribution is -0.141. The third-order valence-corrected chi connectivity index (χ3v) is 5.46. The monoisotopic (exact) mass is 385 g/mol. The summed E-state index contributed by atoms with van der Waals surface area (Å²) in [5.41, 5.74) is 8.07. The average molecular weight is 386 g/mol. The molecule has 3 heterocycles. The third-order valence-electron chi connectivity index (χ3n) is 5.46. The molecule has 0 spiro atoms. The summed E-state index contributed by atoms with van der Waals surface area (Å²) in [6.45, 7) is 6.13. The van der Waals surface area contributed by atoms with E-state index in [9.17, 15) is 4.79 Å². The SMILES string of the molecule is COC(=O)Cn1c(C)c(C)c2nccc(N3CCc4ccccc4C3)c21.Cl. The van der Waals surface area contributed by atoms with Gasteiger partial charge in [-0.05, 0) is 43.0 Å². The number of esters is 1. The number of carbonyl (C=O) groups is 1. The van der Waals surface area contributed by atoms with Gasteiger partial charge in [0.05, 0.1) is 23.8 Å². The molecule has 1 aliphatic heterocycles. The summed E-state index contributed by atoms with van der Waals surface area (Å²) < 4.78 is 6.95. The molecule has 142 valence electrons. The van der Waals surface area contributed by atoms with Gasteiger partial charge in [0.25, 0.3) is 0 Å². The zero-order valence-corrected chi connectivity index (χ0v) is 16.7. The molecule has 0 saturated heterocycles. The van der Waals surface area contributed by atoms with E-state index in [4.69, 9.17) is 4.74 Å². The van der Waals surface area contributed by atoms with E-state index in [-0.39, 0.29) is 24.9 Å². The van der Waals surface area contributed by atoms with Crippen molar-refractivity contribution in [2.24, 2.45) is 0 Å². The Labute approximate surface area is 165 Å². The Bertz CT molecular complexity index is 997. The van der Waals surface area contributed by atoms with Crippen molar-refractivity contribution in [1.29, 1.82) is 0 Å². The van der Waals surface area contributed by atoms with E-state index in [1.807, 2.05) is 17.7 Å². The van der Waals surface area contributed by atoms with Gasteiger partial charge in [-0.2, -0.15) is 0 Å². The highest BCUT2D eigenvalue weighted by atomic mass is 35.5. The topological polar surface area (TPSA) is 47.4 Å². The summed E-state index contributed by atoms with van der Waals surface area (Å²) in [6.07, 6.45) is 2.89. The summed E-state index contributed by atoms with van der Waals surface area (Å²) in [7, 11) is 1.43. The zero-order valence-electron chi connectivity index (χ0n) is 15.9. The normalized spacial score (nSPS) is 13.2. The summed E-state index contributed by atoms with van der Waals surface area (Å²) in [6, 6.07) is 10.7. The molecule has 0 aliphatic carbocycles. The molecule has 27 heavy (non-hydrogen) atoms. The van der Waals surface area contributed by atoms with Gasteiger partial charge in [0.1, 0.15) is 6.54 Å². The highest BCUT2D eigenvalue weighted by molar-refractivity contribution is 5.93. The molecular weight excluding hydrogens is 362 g/mol. The highest BCUT2D eigenvalue weighted by Crippen LogP contribution is 2.34. The van der Waals surface area contributed by atoms with E-state index >= 15 is 0 Å². The molecule has 5 nitrogen and oxygen atoms in total. The van der Waals surface area contributed by atoms with Gasteiger partial charge < -0.3 is 14.2 Å². The van der Waals surface area contributed by atoms with Crippen LogP contribution in [-0.4, -0.2) is 29.2 Å². The Morgan fingerprint density at radius 2 is 1.93 bits per heavy atom. The first-order chi connectivity index (χ1) is 12.6. The van der Waals surface area contributed by atoms with E-state index < -0.39 is 0 Å². The Morgan fingerprint density at radius 1 is 1.19 bits per heavy atom. The number of nitrogens with zero attached hydrogens (tertiary/aromatic N) is 3. The molecule has 6 heteroatoms. The molecule has 0 unspecified atom stereocenters. The minimum absolute atomic E-state index is 0. The number of carbonyl (C=O) groups excluding carboxylic acids is 1. The zero-order chi connectivity index (χ0) is 18.3. The number of benzene rings is 1. The maximum Gasteiger partial charge on any atom is 0.325 e. The maximum absolute atomic E-state index is 12.0. The van der Waals surface area contributed by atoms with Crippen LogP contribution in [0.1, 0.15) is 22.4 Å². The Balaban J connectivity index is 0.00000210. The van der Waals surface area contributed by atoms with Crippen molar-refractivity contribution >= 4 is 35.1 Å². The first kappa shape index (κ1) is 19.2. The predicted octanol–water partition coefficient (Wildman–Crippen LogP) is 3.81. The number of rotatable bonds is 3. The van der Waals surface area contributed by atoms with Crippen molar-refractivity contribution < 1.29 is 9.53 Å². The Hall–Kier alpha value is -2.53. The molecule has 0 bridgehead atoms. The standard InChI is InChI=1S/C21H23N3O2.ClH/c1-14-15(2)24(13-19(25)26-3)21-18(8-10-22-20(14)21)23-11-9-16-6-4-5-7-17(16)12-23;/h4-8,10H,9,11-13H2,1-3H3;1H. The highest BCUT2D eigenvalue weighted by Gasteiger charge is 2.23. The average Bonchev–Trinajstić information content (AvgIpc) is 2.92. The summed E-state index contributed by atoms with van der Waals surface area (Å²) in [5, 5.41) is 0. The van der Waals surface area contributed by atoms with Crippen molar-refractivity contribution in [3.05, 3.63) is 58.9 Å². The van der Waals surface area contributed by atoms with E-state index in [2.05, 4.69) is 47.1 Å². The van der Waals surface area contributed by atoms with Crippen molar-refractivity contribution in [2.75, 3.05) is 18.6 Å². The number of hydrogen-bond acceptors (Lipinski definition) is 4. The number of hydrogen-bond donors (Lipinski definition) is 0. The van der Waals surface area contributed by atoms with Crippen molar-refractivity contribution in [3.63, 3.8) is 0 Å². The van der Waals surface area contributed by atoms with Gasteiger partial charge >= 0.3 is 5.97 Å². The second kappa shape index (κ2) is 7.61. The second-order valence-corrected chi connectivity index (χ2v) is 6.84.